The van der Waals surface area contributed by atoms with Gasteiger partial charge in [0.1, 0.15) is 6.10 Å². The minimum atomic E-state index is -0.0507. The third-order valence-corrected chi connectivity index (χ3v) is 3.58. The molecule has 0 spiro atoms. The fraction of sp³-hybridized carbons (Fsp3) is 0.786. The number of allylic oxidation sites excluding steroid dienone is 1. The molecule has 0 saturated heterocycles. The number of rotatable bonds is 4. The summed E-state index contributed by atoms with van der Waals surface area (Å²) in [7, 11) is 0. The van der Waals surface area contributed by atoms with Gasteiger partial charge in [-0.3, -0.25) is 4.79 Å². The van der Waals surface area contributed by atoms with Crippen molar-refractivity contribution >= 4 is 5.97 Å². The highest BCUT2D eigenvalue weighted by molar-refractivity contribution is 5.72. The summed E-state index contributed by atoms with van der Waals surface area (Å²) in [6.07, 6.45) is 3.14. The van der Waals surface area contributed by atoms with Gasteiger partial charge in [-0.25, -0.2) is 0 Å². The molecule has 0 bridgehead atoms. The molecule has 1 saturated carbocycles. The second-order valence-electron chi connectivity index (χ2n) is 5.76. The molecule has 0 aliphatic heterocycles. The molecule has 0 aromatic carbocycles. The Morgan fingerprint density at radius 3 is 2.44 bits per heavy atom. The Balaban J connectivity index is 2.58. The van der Waals surface area contributed by atoms with Gasteiger partial charge in [-0.1, -0.05) is 39.3 Å². The molecule has 0 N–H and O–H groups in total. The van der Waals surface area contributed by atoms with E-state index in [-0.39, 0.29) is 23.4 Å². The minimum absolute atomic E-state index is 0.0174. The summed E-state index contributed by atoms with van der Waals surface area (Å²) >= 11 is 0. The van der Waals surface area contributed by atoms with Crippen LogP contribution in [0.2, 0.25) is 0 Å². The predicted octanol–water partition coefficient (Wildman–Crippen LogP) is 3.57. The molecule has 1 fully saturated rings. The van der Waals surface area contributed by atoms with Crippen molar-refractivity contribution in [1.29, 1.82) is 0 Å². The van der Waals surface area contributed by atoms with Crippen molar-refractivity contribution in [3.8, 4) is 0 Å². The molecule has 92 valence electrons. The van der Waals surface area contributed by atoms with Crippen LogP contribution in [0.5, 0.6) is 0 Å². The largest absolute Gasteiger partial charge is 0.461 e. The lowest BCUT2D eigenvalue weighted by molar-refractivity contribution is -0.150. The van der Waals surface area contributed by atoms with Crippen molar-refractivity contribution in [1.82, 2.24) is 0 Å². The van der Waals surface area contributed by atoms with E-state index in [1.165, 1.54) is 5.57 Å². The van der Waals surface area contributed by atoms with Gasteiger partial charge < -0.3 is 4.74 Å². The Bertz CT molecular complexity index is 298. The van der Waals surface area contributed by atoms with Crippen LogP contribution in [0.3, 0.4) is 0 Å². The highest BCUT2D eigenvalue weighted by Crippen LogP contribution is 2.55. The molecule has 0 aromatic heterocycles. The van der Waals surface area contributed by atoms with E-state index in [2.05, 4.69) is 33.8 Å². The van der Waals surface area contributed by atoms with Crippen LogP contribution in [-0.4, -0.2) is 12.1 Å². The second-order valence-corrected chi connectivity index (χ2v) is 5.76. The Morgan fingerprint density at radius 2 is 2.00 bits per heavy atom. The molecule has 1 aliphatic carbocycles. The van der Waals surface area contributed by atoms with Crippen molar-refractivity contribution < 1.29 is 9.53 Å². The third-order valence-electron chi connectivity index (χ3n) is 3.58. The van der Waals surface area contributed by atoms with Crippen molar-refractivity contribution in [2.75, 3.05) is 0 Å². The monoisotopic (exact) mass is 224 g/mol. The van der Waals surface area contributed by atoms with E-state index in [9.17, 15) is 4.79 Å². The van der Waals surface area contributed by atoms with Crippen molar-refractivity contribution in [2.24, 2.45) is 17.3 Å². The zero-order chi connectivity index (χ0) is 12.5. The lowest BCUT2D eigenvalue weighted by Gasteiger charge is -2.10. The molecular formula is C14H24O2. The molecule has 1 rings (SSSR count). The van der Waals surface area contributed by atoms with Crippen molar-refractivity contribution in [2.45, 2.75) is 54.1 Å². The highest BCUT2D eigenvalue weighted by atomic mass is 16.6. The first-order valence-corrected chi connectivity index (χ1v) is 6.16. The lowest BCUT2D eigenvalue weighted by Crippen LogP contribution is -2.17. The minimum Gasteiger partial charge on any atom is -0.461 e. The van der Waals surface area contributed by atoms with Gasteiger partial charge in [-0.15, -0.1) is 0 Å². The van der Waals surface area contributed by atoms with Gasteiger partial charge in [-0.05, 0) is 20.3 Å². The average molecular weight is 224 g/mol. The van der Waals surface area contributed by atoms with Gasteiger partial charge in [0, 0.05) is 11.3 Å². The Kier molecular flexibility index (Phi) is 3.82. The Morgan fingerprint density at radius 1 is 1.44 bits per heavy atom. The van der Waals surface area contributed by atoms with Gasteiger partial charge in [-0.2, -0.15) is 0 Å². The van der Waals surface area contributed by atoms with E-state index in [0.717, 1.165) is 6.42 Å². The van der Waals surface area contributed by atoms with E-state index in [0.29, 0.717) is 5.92 Å². The maximum atomic E-state index is 11.7. The van der Waals surface area contributed by atoms with E-state index < -0.39 is 0 Å². The molecule has 1 aliphatic rings. The number of hydrogen-bond acceptors (Lipinski definition) is 2. The zero-order valence-corrected chi connectivity index (χ0v) is 11.3. The first-order valence-electron chi connectivity index (χ1n) is 6.16. The highest BCUT2D eigenvalue weighted by Gasteiger charge is 2.59. The zero-order valence-electron chi connectivity index (χ0n) is 11.3. The maximum Gasteiger partial charge on any atom is 0.308 e. The van der Waals surface area contributed by atoms with Crippen LogP contribution in [0.25, 0.3) is 0 Å². The molecule has 16 heavy (non-hydrogen) atoms. The van der Waals surface area contributed by atoms with Crippen molar-refractivity contribution in [3.63, 3.8) is 0 Å². The van der Waals surface area contributed by atoms with Gasteiger partial charge in [0.25, 0.3) is 0 Å². The van der Waals surface area contributed by atoms with Gasteiger partial charge in [0.2, 0.25) is 0 Å². The summed E-state index contributed by atoms with van der Waals surface area (Å²) in [5.41, 5.74) is 1.40. The predicted molar refractivity (Wildman–Crippen MR) is 66.0 cm³/mol. The summed E-state index contributed by atoms with van der Waals surface area (Å²) in [5.74, 6) is 0.361. The third kappa shape index (κ3) is 2.66. The molecule has 0 heterocycles. The maximum absolute atomic E-state index is 11.7. The molecule has 0 amide bonds. The normalized spacial score (nSPS) is 28.1. The first kappa shape index (κ1) is 13.3. The fourth-order valence-corrected chi connectivity index (χ4v) is 1.92. The van der Waals surface area contributed by atoms with E-state index in [4.69, 9.17) is 4.74 Å². The van der Waals surface area contributed by atoms with E-state index in [1.54, 1.807) is 0 Å². The molecule has 3 atom stereocenters. The van der Waals surface area contributed by atoms with Crippen LogP contribution >= 0.6 is 0 Å². The standard InChI is InChI=1S/C14H24O2/c1-7-10(4)13(15)16-12-11(8-9(2)3)14(12,5)6/h8,10-12H,7H2,1-6H3/t10?,11-,12-/m1/s1. The molecule has 2 heteroatoms. The Hall–Kier alpha value is -0.790. The number of esters is 1. The average Bonchev–Trinajstić information content (AvgIpc) is 2.67. The Labute approximate surface area is 99.1 Å². The molecule has 0 radical (unpaired) electrons. The van der Waals surface area contributed by atoms with Crippen LogP contribution in [0, 0.1) is 17.3 Å². The molecular weight excluding hydrogens is 200 g/mol. The lowest BCUT2D eigenvalue weighted by atomic mass is 10.1. The number of hydrogen-bond donors (Lipinski definition) is 0. The van der Waals surface area contributed by atoms with E-state index >= 15 is 0 Å². The van der Waals surface area contributed by atoms with Crippen LogP contribution in [-0.2, 0) is 9.53 Å². The molecule has 0 aromatic rings. The van der Waals surface area contributed by atoms with Crippen molar-refractivity contribution in [3.05, 3.63) is 11.6 Å². The summed E-state index contributed by atoms with van der Waals surface area (Å²) in [6.45, 7) is 12.4. The topological polar surface area (TPSA) is 26.3 Å². The molecule has 2 nitrogen and oxygen atoms in total. The van der Waals surface area contributed by atoms with Gasteiger partial charge in [0.05, 0.1) is 5.92 Å². The van der Waals surface area contributed by atoms with E-state index in [1.807, 2.05) is 13.8 Å². The molecule has 1 unspecified atom stereocenters. The summed E-state index contributed by atoms with van der Waals surface area (Å²) in [6, 6.07) is 0. The number of carbonyl (C=O) groups excluding carboxylic acids is 1. The van der Waals surface area contributed by atoms with Gasteiger partial charge in [0.15, 0.2) is 0 Å². The SMILES string of the molecule is CCC(C)C(=O)O[C@@H]1[C@@H](C=C(C)C)C1(C)C. The summed E-state index contributed by atoms with van der Waals surface area (Å²) in [4.78, 5) is 11.7. The smallest absolute Gasteiger partial charge is 0.308 e. The van der Waals surface area contributed by atoms with Gasteiger partial charge >= 0.3 is 5.97 Å². The first-order chi connectivity index (χ1) is 7.30. The number of ether oxygens (including phenoxy) is 1. The summed E-state index contributed by atoms with van der Waals surface area (Å²) < 4.78 is 5.56. The van der Waals surface area contributed by atoms with Crippen LogP contribution in [0.1, 0.15) is 48.0 Å². The van der Waals surface area contributed by atoms with Crippen LogP contribution in [0.4, 0.5) is 0 Å². The number of carbonyl (C=O) groups is 1. The van der Waals surface area contributed by atoms with Crippen LogP contribution < -0.4 is 0 Å². The quantitative estimate of drug-likeness (QED) is 0.539. The van der Waals surface area contributed by atoms with Crippen LogP contribution in [0.15, 0.2) is 11.6 Å². The second kappa shape index (κ2) is 4.60. The summed E-state index contributed by atoms with van der Waals surface area (Å²) in [5, 5.41) is 0. The fourth-order valence-electron chi connectivity index (χ4n) is 1.92.